The lowest BCUT2D eigenvalue weighted by atomic mass is 10.2. The number of aryl methyl sites for hydroxylation is 1. The van der Waals surface area contributed by atoms with Gasteiger partial charge in [-0.25, -0.2) is 4.98 Å². The molecule has 0 saturated heterocycles. The molecule has 0 unspecified atom stereocenters. The van der Waals surface area contributed by atoms with Crippen LogP contribution in [-0.2, 0) is 10.1 Å². The van der Waals surface area contributed by atoms with Crippen molar-refractivity contribution in [2.45, 2.75) is 11.8 Å². The van der Waals surface area contributed by atoms with Crippen LogP contribution in [0.3, 0.4) is 0 Å². The summed E-state index contributed by atoms with van der Waals surface area (Å²) in [5, 5.41) is 14.6. The van der Waals surface area contributed by atoms with E-state index in [0.717, 1.165) is 11.8 Å². The van der Waals surface area contributed by atoms with Crippen LogP contribution in [-0.4, -0.2) is 31.6 Å². The molecule has 0 radical (unpaired) electrons. The van der Waals surface area contributed by atoms with E-state index in [1.807, 2.05) is 6.92 Å². The largest absolute Gasteiger partial charge is 0.493 e. The first-order valence-corrected chi connectivity index (χ1v) is 10.3. The van der Waals surface area contributed by atoms with E-state index in [1.54, 1.807) is 24.3 Å². The van der Waals surface area contributed by atoms with Crippen LogP contribution in [0.1, 0.15) is 11.1 Å². The molecule has 0 fully saturated rings. The summed E-state index contributed by atoms with van der Waals surface area (Å²) in [7, 11) is -2.63. The Morgan fingerprint density at radius 1 is 1.10 bits per heavy atom. The second-order valence-electron chi connectivity index (χ2n) is 6.29. The summed E-state index contributed by atoms with van der Waals surface area (Å²) in [6, 6.07) is 13.6. The van der Waals surface area contributed by atoms with Crippen molar-refractivity contribution in [3.63, 3.8) is 0 Å². The van der Waals surface area contributed by atoms with Crippen molar-refractivity contribution in [1.29, 1.82) is 0 Å². The fraction of sp³-hybridized carbons (Fsp3) is 0.100. The van der Waals surface area contributed by atoms with Crippen LogP contribution < -0.4 is 14.3 Å². The second-order valence-corrected chi connectivity index (χ2v) is 7.84. The molecule has 0 spiro atoms. The van der Waals surface area contributed by atoms with E-state index in [4.69, 9.17) is 8.92 Å². The van der Waals surface area contributed by atoms with Crippen molar-refractivity contribution in [3.8, 4) is 11.5 Å². The second kappa shape index (κ2) is 9.22. The lowest BCUT2D eigenvalue weighted by molar-refractivity contribution is -0.385. The molecular formula is C20H18N4O6S. The van der Waals surface area contributed by atoms with Gasteiger partial charge >= 0.3 is 10.1 Å². The average molecular weight is 442 g/mol. The number of pyridine rings is 1. The minimum atomic E-state index is -4.02. The summed E-state index contributed by atoms with van der Waals surface area (Å²) < 4.78 is 35.5. The minimum absolute atomic E-state index is 0.0326. The molecule has 2 aromatic carbocycles. The maximum atomic E-state index is 12.5. The summed E-state index contributed by atoms with van der Waals surface area (Å²) in [5.41, 5.74) is 4.03. The molecule has 31 heavy (non-hydrogen) atoms. The minimum Gasteiger partial charge on any atom is -0.493 e. The lowest BCUT2D eigenvalue weighted by Crippen LogP contribution is -2.10. The zero-order chi connectivity index (χ0) is 22.4. The van der Waals surface area contributed by atoms with Crippen LogP contribution in [0.25, 0.3) is 0 Å². The van der Waals surface area contributed by atoms with Gasteiger partial charge in [-0.1, -0.05) is 17.7 Å². The van der Waals surface area contributed by atoms with Crippen molar-refractivity contribution in [3.05, 3.63) is 82.0 Å². The van der Waals surface area contributed by atoms with Gasteiger partial charge in [0.1, 0.15) is 16.9 Å². The molecule has 1 N–H and O–H groups in total. The summed E-state index contributed by atoms with van der Waals surface area (Å²) in [6.45, 7) is 1.85. The quantitative estimate of drug-likeness (QED) is 0.242. The molecule has 0 saturated carbocycles. The van der Waals surface area contributed by atoms with Crippen LogP contribution in [0.5, 0.6) is 11.5 Å². The Kier molecular flexibility index (Phi) is 6.46. The summed E-state index contributed by atoms with van der Waals surface area (Å²) in [5.74, 6) is 0.552. The standard InChI is InChI=1S/C20H18N4O6S/c1-14-3-7-17(8-4-14)31(27,28)30-18-9-5-15(11-19(18)29-2)12-22-23-20-10-6-16(13-21-20)24(25)26/h3-13H,1-2H3,(H,21,23)/b22-12-. The first-order valence-electron chi connectivity index (χ1n) is 8.87. The first-order chi connectivity index (χ1) is 14.8. The normalized spacial score (nSPS) is 11.3. The SMILES string of the molecule is COc1cc(/C=N\Nc2ccc([N+](=O)[O-])cn2)ccc1OS(=O)(=O)c1ccc(C)cc1. The molecule has 1 heterocycles. The van der Waals surface area contributed by atoms with Gasteiger partial charge in [0.2, 0.25) is 0 Å². The maximum absolute atomic E-state index is 12.5. The third-order valence-electron chi connectivity index (χ3n) is 4.05. The summed E-state index contributed by atoms with van der Waals surface area (Å²) >= 11 is 0. The number of nitrogens with zero attached hydrogens (tertiary/aromatic N) is 3. The number of nitro groups is 1. The van der Waals surface area contributed by atoms with E-state index in [2.05, 4.69) is 15.5 Å². The van der Waals surface area contributed by atoms with E-state index < -0.39 is 15.0 Å². The zero-order valence-electron chi connectivity index (χ0n) is 16.6. The highest BCUT2D eigenvalue weighted by atomic mass is 32.2. The van der Waals surface area contributed by atoms with Crippen molar-refractivity contribution in [2.75, 3.05) is 12.5 Å². The fourth-order valence-electron chi connectivity index (χ4n) is 2.44. The molecule has 0 atom stereocenters. The number of hydrazone groups is 1. The molecule has 1 aromatic heterocycles. The van der Waals surface area contributed by atoms with E-state index in [1.165, 1.54) is 43.7 Å². The van der Waals surface area contributed by atoms with Gasteiger partial charge in [0.25, 0.3) is 5.69 Å². The Morgan fingerprint density at radius 2 is 1.84 bits per heavy atom. The number of anilines is 1. The lowest BCUT2D eigenvalue weighted by Gasteiger charge is -2.11. The highest BCUT2D eigenvalue weighted by Gasteiger charge is 2.19. The van der Waals surface area contributed by atoms with E-state index in [-0.39, 0.29) is 22.1 Å². The third-order valence-corrected chi connectivity index (χ3v) is 5.30. The molecule has 0 bridgehead atoms. The van der Waals surface area contributed by atoms with Crippen molar-refractivity contribution in [1.82, 2.24) is 4.98 Å². The van der Waals surface area contributed by atoms with Gasteiger partial charge in [0, 0.05) is 6.07 Å². The number of nitrogens with one attached hydrogen (secondary N) is 1. The van der Waals surface area contributed by atoms with Gasteiger partial charge < -0.3 is 8.92 Å². The highest BCUT2D eigenvalue weighted by Crippen LogP contribution is 2.30. The molecule has 3 rings (SSSR count). The molecule has 160 valence electrons. The Morgan fingerprint density at radius 3 is 2.45 bits per heavy atom. The van der Waals surface area contributed by atoms with Gasteiger partial charge in [0.15, 0.2) is 11.5 Å². The maximum Gasteiger partial charge on any atom is 0.339 e. The third kappa shape index (κ3) is 5.54. The Hall–Kier alpha value is -3.99. The van der Waals surface area contributed by atoms with Gasteiger partial charge in [0.05, 0.1) is 18.2 Å². The van der Waals surface area contributed by atoms with Gasteiger partial charge in [-0.2, -0.15) is 13.5 Å². The summed E-state index contributed by atoms with van der Waals surface area (Å²) in [6.07, 6.45) is 2.56. The molecule has 3 aromatic rings. The van der Waals surface area contributed by atoms with Crippen LogP contribution in [0, 0.1) is 17.0 Å². The van der Waals surface area contributed by atoms with Crippen LogP contribution in [0.4, 0.5) is 11.5 Å². The molecule has 11 heteroatoms. The molecule has 0 amide bonds. The van der Waals surface area contributed by atoms with Crippen LogP contribution in [0.15, 0.2) is 70.8 Å². The molecule has 10 nitrogen and oxygen atoms in total. The number of ether oxygens (including phenoxy) is 1. The predicted molar refractivity (Wildman–Crippen MR) is 114 cm³/mol. The molecule has 0 aliphatic carbocycles. The number of methoxy groups -OCH3 is 1. The van der Waals surface area contributed by atoms with Gasteiger partial charge in [-0.15, -0.1) is 0 Å². The van der Waals surface area contributed by atoms with Gasteiger partial charge in [-0.05, 0) is 48.9 Å². The predicted octanol–water partition coefficient (Wildman–Crippen LogP) is 3.52. The Bertz CT molecular complexity index is 1210. The zero-order valence-corrected chi connectivity index (χ0v) is 17.4. The van der Waals surface area contributed by atoms with Crippen LogP contribution >= 0.6 is 0 Å². The van der Waals surface area contributed by atoms with Gasteiger partial charge in [-0.3, -0.25) is 15.5 Å². The monoisotopic (exact) mass is 442 g/mol. The smallest absolute Gasteiger partial charge is 0.339 e. The number of hydrogen-bond acceptors (Lipinski definition) is 9. The molecule has 0 aliphatic heterocycles. The average Bonchev–Trinajstić information content (AvgIpc) is 2.75. The fourth-order valence-corrected chi connectivity index (χ4v) is 3.38. The number of hydrogen-bond donors (Lipinski definition) is 1. The first kappa shape index (κ1) is 21.7. The number of benzene rings is 2. The van der Waals surface area contributed by atoms with Crippen molar-refractivity contribution in [2.24, 2.45) is 5.10 Å². The van der Waals surface area contributed by atoms with E-state index >= 15 is 0 Å². The van der Waals surface area contributed by atoms with E-state index in [9.17, 15) is 18.5 Å². The van der Waals surface area contributed by atoms with E-state index in [0.29, 0.717) is 11.4 Å². The topological polar surface area (TPSA) is 133 Å². The number of rotatable bonds is 8. The summed E-state index contributed by atoms with van der Waals surface area (Å²) in [4.78, 5) is 14.0. The highest BCUT2D eigenvalue weighted by molar-refractivity contribution is 7.87. The Balaban J connectivity index is 1.72. The van der Waals surface area contributed by atoms with Crippen molar-refractivity contribution < 1.29 is 22.3 Å². The number of aromatic nitrogens is 1. The molecular weight excluding hydrogens is 424 g/mol. The molecule has 0 aliphatic rings. The Labute approximate surface area is 178 Å². The van der Waals surface area contributed by atoms with Crippen molar-refractivity contribution >= 4 is 27.8 Å². The van der Waals surface area contributed by atoms with Crippen LogP contribution in [0.2, 0.25) is 0 Å².